The fraction of sp³-hybridized carbons (Fsp3) is 0.500. The molecule has 2 rings (SSSR count). The van der Waals surface area contributed by atoms with Gasteiger partial charge in [0.2, 0.25) is 11.9 Å². The summed E-state index contributed by atoms with van der Waals surface area (Å²) in [5, 5.41) is 6.25. The van der Waals surface area contributed by atoms with E-state index in [0.717, 1.165) is 18.1 Å². The van der Waals surface area contributed by atoms with Crippen molar-refractivity contribution in [3.63, 3.8) is 0 Å². The van der Waals surface area contributed by atoms with Gasteiger partial charge in [-0.15, -0.1) is 0 Å². The predicted octanol–water partition coefficient (Wildman–Crippen LogP) is 2.78. The predicted molar refractivity (Wildman–Crippen MR) is 80.6 cm³/mol. The number of anilines is 2. The molecule has 0 bridgehead atoms. The van der Waals surface area contributed by atoms with Gasteiger partial charge in [-0.2, -0.15) is 15.0 Å². The smallest absolute Gasteiger partial charge is 0.323 e. The molecule has 0 aromatic carbocycles. The van der Waals surface area contributed by atoms with Crippen LogP contribution in [0.3, 0.4) is 0 Å². The topological polar surface area (TPSA) is 85.1 Å². The van der Waals surface area contributed by atoms with Crippen molar-refractivity contribution in [2.24, 2.45) is 0 Å². The second-order valence-electron chi connectivity index (χ2n) is 4.54. The van der Waals surface area contributed by atoms with Gasteiger partial charge in [-0.1, -0.05) is 0 Å². The largest absolute Gasteiger partial charge is 0.464 e. The summed E-state index contributed by atoms with van der Waals surface area (Å²) in [6.45, 7) is 8.98. The molecule has 0 spiro atoms. The van der Waals surface area contributed by atoms with Crippen molar-refractivity contribution in [3.8, 4) is 6.01 Å². The van der Waals surface area contributed by atoms with E-state index in [4.69, 9.17) is 9.15 Å². The first-order valence-electron chi connectivity index (χ1n) is 7.08. The standard InChI is InChI=1S/C14H21N5O2/c1-5-15-12-17-13(19-14(18-12)20-6-2)16-10(4)11-8-7-9(3)21-11/h7-8,10H,5-6H2,1-4H3,(H2,15,16,17,18,19). The van der Waals surface area contributed by atoms with Crippen LogP contribution in [0.15, 0.2) is 16.5 Å². The SMILES string of the molecule is CCNc1nc(NC(C)c2ccc(C)o2)nc(OCC)n1. The van der Waals surface area contributed by atoms with Gasteiger partial charge < -0.3 is 19.8 Å². The average molecular weight is 291 g/mol. The number of hydrogen-bond donors (Lipinski definition) is 2. The molecule has 0 amide bonds. The molecule has 114 valence electrons. The molecule has 2 aromatic heterocycles. The Morgan fingerprint density at radius 3 is 2.57 bits per heavy atom. The van der Waals surface area contributed by atoms with Gasteiger partial charge in [0, 0.05) is 6.54 Å². The number of ether oxygens (including phenoxy) is 1. The minimum atomic E-state index is -0.0509. The lowest BCUT2D eigenvalue weighted by Gasteiger charge is -2.13. The first-order chi connectivity index (χ1) is 10.1. The molecule has 0 aliphatic carbocycles. The van der Waals surface area contributed by atoms with Crippen LogP contribution in [0.2, 0.25) is 0 Å². The van der Waals surface area contributed by atoms with Crippen LogP contribution in [0.1, 0.15) is 38.3 Å². The molecule has 7 heteroatoms. The lowest BCUT2D eigenvalue weighted by atomic mass is 10.2. The van der Waals surface area contributed by atoms with Gasteiger partial charge in [0.15, 0.2) is 0 Å². The Bertz CT molecular complexity index is 560. The molecule has 0 aliphatic heterocycles. The molecule has 0 fully saturated rings. The summed E-state index contributed by atoms with van der Waals surface area (Å²) in [6, 6.07) is 4.11. The van der Waals surface area contributed by atoms with Crippen LogP contribution in [0.4, 0.5) is 11.9 Å². The van der Waals surface area contributed by atoms with Gasteiger partial charge in [-0.3, -0.25) is 0 Å². The Labute approximate surface area is 124 Å². The van der Waals surface area contributed by atoms with E-state index in [9.17, 15) is 0 Å². The third-order valence-electron chi connectivity index (χ3n) is 2.76. The van der Waals surface area contributed by atoms with Crippen molar-refractivity contribution >= 4 is 11.9 Å². The van der Waals surface area contributed by atoms with E-state index in [1.54, 1.807) is 0 Å². The zero-order valence-corrected chi connectivity index (χ0v) is 12.8. The first-order valence-corrected chi connectivity index (χ1v) is 7.08. The number of nitrogens with one attached hydrogen (secondary N) is 2. The zero-order chi connectivity index (χ0) is 15.2. The second kappa shape index (κ2) is 6.92. The first kappa shape index (κ1) is 15.1. The molecule has 21 heavy (non-hydrogen) atoms. The van der Waals surface area contributed by atoms with Gasteiger partial charge in [0.05, 0.1) is 12.6 Å². The minimum Gasteiger partial charge on any atom is -0.464 e. The van der Waals surface area contributed by atoms with Crippen molar-refractivity contribution in [1.29, 1.82) is 0 Å². The van der Waals surface area contributed by atoms with Crippen LogP contribution < -0.4 is 15.4 Å². The molecule has 2 aromatic rings. The molecule has 0 saturated heterocycles. The third-order valence-corrected chi connectivity index (χ3v) is 2.76. The van der Waals surface area contributed by atoms with Crippen LogP contribution in [0.5, 0.6) is 6.01 Å². The highest BCUT2D eigenvalue weighted by atomic mass is 16.5. The van der Waals surface area contributed by atoms with Crippen molar-refractivity contribution in [2.45, 2.75) is 33.7 Å². The maximum absolute atomic E-state index is 5.59. The molecule has 2 N–H and O–H groups in total. The molecule has 0 saturated carbocycles. The lowest BCUT2D eigenvalue weighted by Crippen LogP contribution is -2.13. The molecule has 0 radical (unpaired) electrons. The number of furan rings is 1. The average Bonchev–Trinajstić information content (AvgIpc) is 2.86. The van der Waals surface area contributed by atoms with Crippen LogP contribution in [0, 0.1) is 6.92 Å². The van der Waals surface area contributed by atoms with E-state index in [2.05, 4.69) is 25.6 Å². The number of aromatic nitrogens is 3. The van der Waals surface area contributed by atoms with Crippen molar-refractivity contribution in [3.05, 3.63) is 23.7 Å². The molecular weight excluding hydrogens is 270 g/mol. The lowest BCUT2D eigenvalue weighted by molar-refractivity contribution is 0.312. The normalized spacial score (nSPS) is 12.0. The monoisotopic (exact) mass is 291 g/mol. The third kappa shape index (κ3) is 4.08. The fourth-order valence-corrected chi connectivity index (χ4v) is 1.80. The van der Waals surface area contributed by atoms with Gasteiger partial charge in [-0.25, -0.2) is 0 Å². The summed E-state index contributed by atoms with van der Waals surface area (Å²) in [5.41, 5.74) is 0. The van der Waals surface area contributed by atoms with Gasteiger partial charge >= 0.3 is 6.01 Å². The summed E-state index contributed by atoms with van der Waals surface area (Å²) in [6.07, 6.45) is 0. The Morgan fingerprint density at radius 2 is 1.95 bits per heavy atom. The summed E-state index contributed by atoms with van der Waals surface area (Å²) in [7, 11) is 0. The van der Waals surface area contributed by atoms with Gasteiger partial charge in [0.1, 0.15) is 11.5 Å². The molecule has 7 nitrogen and oxygen atoms in total. The number of aryl methyl sites for hydroxylation is 1. The molecule has 2 heterocycles. The molecule has 0 aliphatic rings. The summed E-state index contributed by atoms with van der Waals surface area (Å²) in [5.74, 6) is 2.64. The van der Waals surface area contributed by atoms with E-state index < -0.39 is 0 Å². The molecular formula is C14H21N5O2. The van der Waals surface area contributed by atoms with Crippen molar-refractivity contribution in [1.82, 2.24) is 15.0 Å². The van der Waals surface area contributed by atoms with E-state index in [-0.39, 0.29) is 6.04 Å². The van der Waals surface area contributed by atoms with Crippen molar-refractivity contribution < 1.29 is 9.15 Å². The molecule has 1 atom stereocenters. The van der Waals surface area contributed by atoms with Crippen LogP contribution in [-0.4, -0.2) is 28.1 Å². The fourth-order valence-electron chi connectivity index (χ4n) is 1.80. The second-order valence-corrected chi connectivity index (χ2v) is 4.54. The summed E-state index contributed by atoms with van der Waals surface area (Å²) in [4.78, 5) is 12.7. The Balaban J connectivity index is 2.17. The highest BCUT2D eigenvalue weighted by Gasteiger charge is 2.13. The molecule has 1 unspecified atom stereocenters. The van der Waals surface area contributed by atoms with E-state index >= 15 is 0 Å². The highest BCUT2D eigenvalue weighted by Crippen LogP contribution is 2.20. The Morgan fingerprint density at radius 1 is 1.19 bits per heavy atom. The van der Waals surface area contributed by atoms with E-state index in [1.807, 2.05) is 39.8 Å². The van der Waals surface area contributed by atoms with E-state index in [0.29, 0.717) is 24.5 Å². The Kier molecular flexibility index (Phi) is 4.97. The van der Waals surface area contributed by atoms with E-state index in [1.165, 1.54) is 0 Å². The Hall–Kier alpha value is -2.31. The number of rotatable bonds is 7. The van der Waals surface area contributed by atoms with Gasteiger partial charge in [-0.05, 0) is 39.8 Å². The van der Waals surface area contributed by atoms with Crippen LogP contribution in [-0.2, 0) is 0 Å². The highest BCUT2D eigenvalue weighted by molar-refractivity contribution is 5.37. The van der Waals surface area contributed by atoms with Crippen molar-refractivity contribution in [2.75, 3.05) is 23.8 Å². The maximum Gasteiger partial charge on any atom is 0.323 e. The van der Waals surface area contributed by atoms with Crippen LogP contribution in [0.25, 0.3) is 0 Å². The summed E-state index contributed by atoms with van der Waals surface area (Å²) >= 11 is 0. The zero-order valence-electron chi connectivity index (χ0n) is 12.8. The number of nitrogens with zero attached hydrogens (tertiary/aromatic N) is 3. The summed E-state index contributed by atoms with van der Waals surface area (Å²) < 4.78 is 11.0. The quantitative estimate of drug-likeness (QED) is 0.811. The maximum atomic E-state index is 5.59. The number of hydrogen-bond acceptors (Lipinski definition) is 7. The van der Waals surface area contributed by atoms with Gasteiger partial charge in [0.25, 0.3) is 0 Å². The van der Waals surface area contributed by atoms with Crippen LogP contribution >= 0.6 is 0 Å². The minimum absolute atomic E-state index is 0.0509.